The van der Waals surface area contributed by atoms with E-state index >= 15 is 0 Å². The van der Waals surface area contributed by atoms with Crippen molar-refractivity contribution < 1.29 is 30.9 Å². The summed E-state index contributed by atoms with van der Waals surface area (Å²) in [6.07, 6.45) is -4.98. The van der Waals surface area contributed by atoms with E-state index in [1.165, 1.54) is 24.3 Å². The molecule has 0 radical (unpaired) electrons. The Morgan fingerprint density at radius 1 is 1.21 bits per heavy atom. The average Bonchev–Trinajstić information content (AvgIpc) is 2.26. The maximum Gasteiger partial charge on any atom is 0.419 e. The van der Waals surface area contributed by atoms with E-state index in [-0.39, 0.29) is 4.90 Å². The molecule has 0 fully saturated rings. The van der Waals surface area contributed by atoms with E-state index in [9.17, 15) is 21.6 Å². The third-order valence-electron chi connectivity index (χ3n) is 2.42. The fraction of sp³-hybridized carbons (Fsp3) is 0.455. The van der Waals surface area contributed by atoms with Gasteiger partial charge in [0.2, 0.25) is 0 Å². The lowest BCUT2D eigenvalue weighted by Crippen LogP contribution is -2.46. The molecule has 1 aromatic carbocycles. The van der Waals surface area contributed by atoms with E-state index in [4.69, 9.17) is 5.11 Å². The second-order valence-electron chi connectivity index (χ2n) is 4.30. The molecule has 1 atom stereocenters. The Balaban J connectivity index is 2.85. The predicted molar refractivity (Wildman–Crippen MR) is 61.0 cm³/mol. The molecule has 1 N–H and O–H groups in total. The van der Waals surface area contributed by atoms with Gasteiger partial charge in [0.25, 0.3) is 10.1 Å². The zero-order valence-electron chi connectivity index (χ0n) is 10.2. The number of halogens is 3. The Bertz CT molecular complexity index is 532. The highest BCUT2D eigenvalue weighted by Gasteiger charge is 2.51. The highest BCUT2D eigenvalue weighted by atomic mass is 32.2. The van der Waals surface area contributed by atoms with Gasteiger partial charge in [-0.3, -0.25) is 4.18 Å². The molecule has 0 saturated carbocycles. The highest BCUT2D eigenvalue weighted by molar-refractivity contribution is 7.86. The first-order chi connectivity index (χ1) is 8.46. The minimum absolute atomic E-state index is 0.268. The predicted octanol–water partition coefficient (Wildman–Crippen LogP) is 2.01. The molecule has 1 unspecified atom stereocenters. The van der Waals surface area contributed by atoms with E-state index in [1.54, 1.807) is 6.92 Å². The Kier molecular flexibility index (Phi) is 4.28. The molecule has 108 valence electrons. The van der Waals surface area contributed by atoms with Gasteiger partial charge in [-0.05, 0) is 26.0 Å². The summed E-state index contributed by atoms with van der Waals surface area (Å²) >= 11 is 0. The normalized spacial score (nSPS) is 16.1. The molecule has 4 nitrogen and oxygen atoms in total. The maximum atomic E-state index is 12.3. The number of aliphatic hydroxyl groups is 1. The smallest absolute Gasteiger partial charge is 0.379 e. The van der Waals surface area contributed by atoms with Gasteiger partial charge >= 0.3 is 6.18 Å². The minimum atomic E-state index is -4.98. The number of aryl methyl sites for hydroxylation is 1. The van der Waals surface area contributed by atoms with E-state index < -0.39 is 28.5 Å². The van der Waals surface area contributed by atoms with Crippen LogP contribution < -0.4 is 0 Å². The van der Waals surface area contributed by atoms with Crippen LogP contribution in [0.4, 0.5) is 13.2 Å². The van der Waals surface area contributed by atoms with Crippen LogP contribution in [0.3, 0.4) is 0 Å². The zero-order valence-corrected chi connectivity index (χ0v) is 11.0. The van der Waals surface area contributed by atoms with Crippen molar-refractivity contribution in [1.29, 1.82) is 0 Å². The number of hydrogen-bond acceptors (Lipinski definition) is 4. The summed E-state index contributed by atoms with van der Waals surface area (Å²) in [7, 11) is -4.33. The molecular formula is C11H13F3O4S. The standard InChI is InChI=1S/C11H13F3O4S/c1-8-3-5-9(6-4-8)19(16,17)18-7-10(2,15)11(12,13)14/h3-6,15H,7H2,1-2H3. The van der Waals surface area contributed by atoms with Crippen LogP contribution in [0, 0.1) is 6.92 Å². The summed E-state index contributed by atoms with van der Waals surface area (Å²) < 4.78 is 64.5. The van der Waals surface area contributed by atoms with Gasteiger partial charge in [0.05, 0.1) is 4.90 Å². The lowest BCUT2D eigenvalue weighted by molar-refractivity contribution is -0.260. The van der Waals surface area contributed by atoms with Gasteiger partial charge in [0, 0.05) is 0 Å². The van der Waals surface area contributed by atoms with Crippen LogP contribution in [0.25, 0.3) is 0 Å². The van der Waals surface area contributed by atoms with Crippen molar-refractivity contribution in [2.75, 3.05) is 6.61 Å². The Hall–Kier alpha value is -1.12. The summed E-state index contributed by atoms with van der Waals surface area (Å²) in [4.78, 5) is -0.268. The van der Waals surface area contributed by atoms with Gasteiger partial charge in [-0.25, -0.2) is 0 Å². The zero-order chi connectivity index (χ0) is 14.9. The van der Waals surface area contributed by atoms with Crippen LogP contribution in [-0.4, -0.2) is 31.9 Å². The van der Waals surface area contributed by atoms with E-state index in [2.05, 4.69) is 4.18 Å². The monoisotopic (exact) mass is 298 g/mol. The summed E-state index contributed by atoms with van der Waals surface area (Å²) in [5.74, 6) is 0. The molecule has 0 aromatic heterocycles. The summed E-state index contributed by atoms with van der Waals surface area (Å²) in [5.41, 5.74) is -2.44. The highest BCUT2D eigenvalue weighted by Crippen LogP contribution is 2.31. The minimum Gasteiger partial charge on any atom is -0.379 e. The first-order valence-corrected chi connectivity index (χ1v) is 6.62. The number of hydrogen-bond donors (Lipinski definition) is 1. The van der Waals surface area contributed by atoms with Crippen molar-refractivity contribution in [3.05, 3.63) is 29.8 Å². The second kappa shape index (κ2) is 5.10. The fourth-order valence-corrected chi connectivity index (χ4v) is 2.04. The lowest BCUT2D eigenvalue weighted by atomic mass is 10.1. The van der Waals surface area contributed by atoms with E-state index in [0.29, 0.717) is 6.92 Å². The second-order valence-corrected chi connectivity index (χ2v) is 5.92. The van der Waals surface area contributed by atoms with Gasteiger partial charge in [-0.15, -0.1) is 0 Å². The molecule has 19 heavy (non-hydrogen) atoms. The Morgan fingerprint density at radius 2 is 1.68 bits per heavy atom. The van der Waals surface area contributed by atoms with E-state index in [1.807, 2.05) is 0 Å². The van der Waals surface area contributed by atoms with Crippen LogP contribution >= 0.6 is 0 Å². The lowest BCUT2D eigenvalue weighted by Gasteiger charge is -2.25. The molecule has 0 saturated heterocycles. The van der Waals surface area contributed by atoms with E-state index in [0.717, 1.165) is 5.56 Å². The number of rotatable bonds is 4. The molecule has 0 aliphatic carbocycles. The van der Waals surface area contributed by atoms with Gasteiger partial charge in [0.1, 0.15) is 6.61 Å². The van der Waals surface area contributed by atoms with Crippen LogP contribution in [0.1, 0.15) is 12.5 Å². The molecular weight excluding hydrogens is 285 g/mol. The molecule has 0 amide bonds. The molecule has 0 bridgehead atoms. The summed E-state index contributed by atoms with van der Waals surface area (Å²) in [5, 5.41) is 9.09. The fourth-order valence-electron chi connectivity index (χ4n) is 1.05. The van der Waals surface area contributed by atoms with Crippen molar-refractivity contribution in [1.82, 2.24) is 0 Å². The van der Waals surface area contributed by atoms with Crippen molar-refractivity contribution in [2.45, 2.75) is 30.5 Å². The quantitative estimate of drug-likeness (QED) is 0.864. The summed E-state index contributed by atoms with van der Waals surface area (Å²) in [6, 6.07) is 5.40. The SMILES string of the molecule is Cc1ccc(S(=O)(=O)OCC(C)(O)C(F)(F)F)cc1. The third-order valence-corrected chi connectivity index (χ3v) is 3.69. The molecule has 1 aromatic rings. The van der Waals surface area contributed by atoms with Crippen molar-refractivity contribution in [2.24, 2.45) is 0 Å². The van der Waals surface area contributed by atoms with Crippen LogP contribution in [0.15, 0.2) is 29.2 Å². The van der Waals surface area contributed by atoms with Gasteiger partial charge < -0.3 is 5.11 Å². The molecule has 0 spiro atoms. The largest absolute Gasteiger partial charge is 0.419 e. The molecule has 0 aliphatic heterocycles. The van der Waals surface area contributed by atoms with Crippen LogP contribution in [0.2, 0.25) is 0 Å². The topological polar surface area (TPSA) is 63.6 Å². The average molecular weight is 298 g/mol. The van der Waals surface area contributed by atoms with Crippen molar-refractivity contribution >= 4 is 10.1 Å². The van der Waals surface area contributed by atoms with Gasteiger partial charge in [-0.1, -0.05) is 17.7 Å². The number of alkyl halides is 3. The van der Waals surface area contributed by atoms with Crippen LogP contribution in [0.5, 0.6) is 0 Å². The molecule has 8 heteroatoms. The first kappa shape index (κ1) is 15.9. The van der Waals surface area contributed by atoms with Crippen molar-refractivity contribution in [3.8, 4) is 0 Å². The third kappa shape index (κ3) is 3.92. The molecule has 1 rings (SSSR count). The van der Waals surface area contributed by atoms with Gasteiger partial charge in [-0.2, -0.15) is 21.6 Å². The first-order valence-electron chi connectivity index (χ1n) is 5.21. The summed E-state index contributed by atoms with van der Waals surface area (Å²) in [6.45, 7) is 0.774. The Morgan fingerprint density at radius 3 is 2.11 bits per heavy atom. The van der Waals surface area contributed by atoms with Crippen LogP contribution in [-0.2, 0) is 14.3 Å². The van der Waals surface area contributed by atoms with Gasteiger partial charge in [0.15, 0.2) is 5.60 Å². The number of benzene rings is 1. The molecule has 0 heterocycles. The van der Waals surface area contributed by atoms with Crippen molar-refractivity contribution in [3.63, 3.8) is 0 Å². The maximum absolute atomic E-state index is 12.3. The molecule has 0 aliphatic rings. The Labute approximate surface area is 108 Å².